The molecule has 0 spiro atoms. The van der Waals surface area contributed by atoms with E-state index in [0.29, 0.717) is 57.1 Å². The fourth-order valence-electron chi connectivity index (χ4n) is 5.26. The lowest BCUT2D eigenvalue weighted by atomic mass is 9.74. The molecule has 1 fully saturated rings. The lowest BCUT2D eigenvalue weighted by Gasteiger charge is -2.41. The molecule has 2 aromatic carbocycles. The van der Waals surface area contributed by atoms with Crippen molar-refractivity contribution < 1.29 is 32.9 Å². The second-order valence-electron chi connectivity index (χ2n) is 10.4. The van der Waals surface area contributed by atoms with Crippen molar-refractivity contribution in [1.82, 2.24) is 9.88 Å². The number of aromatic nitrogens is 1. The van der Waals surface area contributed by atoms with E-state index in [9.17, 15) is 23.4 Å². The number of rotatable bonds is 11. The quantitative estimate of drug-likeness (QED) is 0.337. The van der Waals surface area contributed by atoms with Crippen LogP contribution in [-0.4, -0.2) is 74.2 Å². The summed E-state index contributed by atoms with van der Waals surface area (Å²) in [7, 11) is 5.42. The maximum atomic E-state index is 13.8. The third-order valence-electron chi connectivity index (χ3n) is 7.74. The second kappa shape index (κ2) is 12.4. The number of anilines is 1. The summed E-state index contributed by atoms with van der Waals surface area (Å²) in [6.45, 7) is 1.90. The number of hydrogen-bond donors (Lipinski definition) is 2. The number of aliphatic hydroxyl groups excluding tert-OH is 2. The maximum absolute atomic E-state index is 13.8. The highest BCUT2D eigenvalue weighted by Gasteiger charge is 2.35. The molecule has 212 valence electrons. The largest absolute Gasteiger partial charge is 0.497 e. The molecular weight excluding hydrogens is 511 g/mol. The number of hydrogen-bond acceptors (Lipinski definition) is 7. The van der Waals surface area contributed by atoms with Crippen LogP contribution in [0.15, 0.2) is 36.5 Å². The van der Waals surface area contributed by atoms with Gasteiger partial charge in [0.05, 0.1) is 30.6 Å². The lowest BCUT2D eigenvalue weighted by molar-refractivity contribution is 0.0204. The summed E-state index contributed by atoms with van der Waals surface area (Å²) in [4.78, 5) is 8.59. The van der Waals surface area contributed by atoms with E-state index in [1.807, 2.05) is 37.2 Å². The number of pyridine rings is 1. The molecule has 4 rings (SSSR count). The van der Waals surface area contributed by atoms with Crippen molar-refractivity contribution in [3.63, 3.8) is 0 Å². The summed E-state index contributed by atoms with van der Waals surface area (Å²) < 4.78 is 51.3. The molecule has 1 atom stereocenters. The average Bonchev–Trinajstić information content (AvgIpc) is 2.94. The van der Waals surface area contributed by atoms with Gasteiger partial charge >= 0.3 is 0 Å². The molecule has 0 bridgehead atoms. The fourth-order valence-corrected chi connectivity index (χ4v) is 5.26. The van der Waals surface area contributed by atoms with Gasteiger partial charge in [-0.3, -0.25) is 9.88 Å². The van der Waals surface area contributed by atoms with Gasteiger partial charge in [0.15, 0.2) is 11.6 Å². The van der Waals surface area contributed by atoms with Gasteiger partial charge in [-0.2, -0.15) is 4.39 Å². The minimum absolute atomic E-state index is 0.00327. The van der Waals surface area contributed by atoms with Gasteiger partial charge < -0.3 is 24.6 Å². The van der Waals surface area contributed by atoms with Crippen LogP contribution in [0.25, 0.3) is 10.9 Å². The molecule has 0 aliphatic carbocycles. The Morgan fingerprint density at radius 3 is 2.54 bits per heavy atom. The summed E-state index contributed by atoms with van der Waals surface area (Å²) in [6, 6.07) is 6.92. The summed E-state index contributed by atoms with van der Waals surface area (Å²) in [6.07, 6.45) is 3.51. The Hall–Kier alpha value is -3.08. The number of likely N-dealkylation sites (tertiary alicyclic amines) is 1. The fraction of sp³-hybridized carbons (Fsp3) is 0.483. The molecule has 0 saturated carbocycles. The molecule has 0 unspecified atom stereocenters. The molecular formula is C29H36F3N3O4. The predicted octanol–water partition coefficient (Wildman–Crippen LogP) is 4.69. The topological polar surface area (TPSA) is 78.3 Å². The Balaban J connectivity index is 1.38. The predicted molar refractivity (Wildman–Crippen MR) is 144 cm³/mol. The molecule has 1 saturated heterocycles. The number of fused-ring (bicyclic) bond motifs is 1. The standard InChI is InChI=1S/C29H36F3N3O4/c1-34(2)24-17-33-23-5-4-20(38-3)16-21(23)27(24)25(37)6-7-29(18-36)8-10-35(11-9-29)12-13-39-26-15-19(30)14-22(31)28(26)32/h4-5,14-17,25,36-37H,6-13,18H2,1-3H3/t25-/m0/s1. The third-order valence-corrected chi connectivity index (χ3v) is 7.74. The maximum Gasteiger partial charge on any atom is 0.200 e. The number of methoxy groups -OCH3 is 1. The zero-order chi connectivity index (χ0) is 28.2. The highest BCUT2D eigenvalue weighted by atomic mass is 19.2. The van der Waals surface area contributed by atoms with Gasteiger partial charge in [0, 0.05) is 50.3 Å². The molecule has 1 aliphatic heterocycles. The van der Waals surface area contributed by atoms with Crippen molar-refractivity contribution in [3.8, 4) is 11.5 Å². The average molecular weight is 548 g/mol. The highest BCUT2D eigenvalue weighted by molar-refractivity contribution is 5.88. The van der Waals surface area contributed by atoms with Crippen LogP contribution in [0.1, 0.15) is 37.4 Å². The Morgan fingerprint density at radius 1 is 1.13 bits per heavy atom. The van der Waals surface area contributed by atoms with Crippen molar-refractivity contribution in [2.24, 2.45) is 5.41 Å². The number of aliphatic hydroxyl groups is 2. The summed E-state index contributed by atoms with van der Waals surface area (Å²) in [5.41, 5.74) is 2.04. The second-order valence-corrected chi connectivity index (χ2v) is 10.4. The van der Waals surface area contributed by atoms with Crippen molar-refractivity contribution in [3.05, 3.63) is 59.5 Å². The number of piperidine rings is 1. The summed E-state index contributed by atoms with van der Waals surface area (Å²) >= 11 is 0. The minimum Gasteiger partial charge on any atom is -0.497 e. The first-order chi connectivity index (χ1) is 18.7. The van der Waals surface area contributed by atoms with Crippen LogP contribution in [0, 0.1) is 22.9 Å². The van der Waals surface area contributed by atoms with E-state index in [4.69, 9.17) is 9.47 Å². The number of benzene rings is 2. The van der Waals surface area contributed by atoms with Crippen LogP contribution in [-0.2, 0) is 0 Å². The molecule has 0 radical (unpaired) electrons. The van der Waals surface area contributed by atoms with Crippen LogP contribution < -0.4 is 14.4 Å². The van der Waals surface area contributed by atoms with Crippen LogP contribution in [0.4, 0.5) is 18.9 Å². The minimum atomic E-state index is -1.28. The third kappa shape index (κ3) is 6.57. The van der Waals surface area contributed by atoms with E-state index in [2.05, 4.69) is 9.88 Å². The monoisotopic (exact) mass is 547 g/mol. The number of halogens is 3. The molecule has 1 aromatic heterocycles. The van der Waals surface area contributed by atoms with E-state index in [1.165, 1.54) is 0 Å². The Morgan fingerprint density at radius 2 is 1.87 bits per heavy atom. The Kier molecular flexibility index (Phi) is 9.19. The van der Waals surface area contributed by atoms with E-state index in [0.717, 1.165) is 28.2 Å². The highest BCUT2D eigenvalue weighted by Crippen LogP contribution is 2.41. The summed E-state index contributed by atoms with van der Waals surface area (Å²) in [5.74, 6) is -3.14. The molecule has 0 amide bonds. The van der Waals surface area contributed by atoms with Crippen molar-refractivity contribution in [2.45, 2.75) is 31.8 Å². The zero-order valence-corrected chi connectivity index (χ0v) is 22.6. The summed E-state index contributed by atoms with van der Waals surface area (Å²) in [5, 5.41) is 22.6. The first-order valence-corrected chi connectivity index (χ1v) is 13.1. The van der Waals surface area contributed by atoms with Crippen LogP contribution >= 0.6 is 0 Å². The first-order valence-electron chi connectivity index (χ1n) is 13.1. The van der Waals surface area contributed by atoms with Crippen LogP contribution in [0.2, 0.25) is 0 Å². The normalized spacial score (nSPS) is 16.3. The van der Waals surface area contributed by atoms with Gasteiger partial charge in [-0.15, -0.1) is 0 Å². The number of ether oxygens (including phenoxy) is 2. The Labute approximate surface area is 226 Å². The van der Waals surface area contributed by atoms with Crippen molar-refractivity contribution >= 4 is 16.6 Å². The lowest BCUT2D eigenvalue weighted by Crippen LogP contribution is -2.43. The van der Waals surface area contributed by atoms with Gasteiger partial charge in [0.1, 0.15) is 18.2 Å². The van der Waals surface area contributed by atoms with E-state index < -0.39 is 29.3 Å². The smallest absolute Gasteiger partial charge is 0.200 e. The number of nitrogens with zero attached hydrogens (tertiary/aromatic N) is 3. The van der Waals surface area contributed by atoms with Crippen LogP contribution in [0.5, 0.6) is 11.5 Å². The van der Waals surface area contributed by atoms with Crippen LogP contribution in [0.3, 0.4) is 0 Å². The molecule has 39 heavy (non-hydrogen) atoms. The molecule has 7 nitrogen and oxygen atoms in total. The molecule has 1 aliphatic rings. The molecule has 2 N–H and O–H groups in total. The van der Waals surface area contributed by atoms with E-state index >= 15 is 0 Å². The van der Waals surface area contributed by atoms with E-state index in [-0.39, 0.29) is 18.6 Å². The van der Waals surface area contributed by atoms with Gasteiger partial charge in [-0.1, -0.05) is 0 Å². The molecule has 2 heterocycles. The van der Waals surface area contributed by atoms with Gasteiger partial charge in [0.25, 0.3) is 0 Å². The van der Waals surface area contributed by atoms with Crippen molar-refractivity contribution in [1.29, 1.82) is 0 Å². The van der Waals surface area contributed by atoms with Gasteiger partial charge in [0.2, 0.25) is 5.82 Å². The Bertz CT molecular complexity index is 1280. The zero-order valence-electron chi connectivity index (χ0n) is 22.6. The van der Waals surface area contributed by atoms with Crippen molar-refractivity contribution in [2.75, 3.05) is 59.0 Å². The first kappa shape index (κ1) is 28.9. The van der Waals surface area contributed by atoms with Gasteiger partial charge in [-0.05, 0) is 62.4 Å². The SMILES string of the molecule is COc1ccc2ncc(N(C)C)c([C@@H](O)CCC3(CO)CCN(CCOc4cc(F)cc(F)c4F)CC3)c2c1. The molecule has 3 aromatic rings. The molecule has 10 heteroatoms. The van der Waals surface area contributed by atoms with Gasteiger partial charge in [-0.25, -0.2) is 8.78 Å². The van der Waals surface area contributed by atoms with E-state index in [1.54, 1.807) is 13.3 Å².